The summed E-state index contributed by atoms with van der Waals surface area (Å²) in [5.41, 5.74) is -0.455. The molecule has 22 heavy (non-hydrogen) atoms. The zero-order valence-corrected chi connectivity index (χ0v) is 12.0. The number of hydrogen-bond acceptors (Lipinski definition) is 4. The maximum absolute atomic E-state index is 14.2. The van der Waals surface area contributed by atoms with E-state index in [4.69, 9.17) is 5.11 Å². The molecule has 1 aromatic rings. The zero-order valence-electron chi connectivity index (χ0n) is 12.0. The van der Waals surface area contributed by atoms with E-state index in [-0.39, 0.29) is 18.8 Å². The Hall–Kier alpha value is -2.38. The number of benzene rings is 1. The van der Waals surface area contributed by atoms with E-state index < -0.39 is 29.3 Å². The highest BCUT2D eigenvalue weighted by Gasteiger charge is 2.23. The molecule has 1 saturated heterocycles. The quantitative estimate of drug-likeness (QED) is 0.845. The largest absolute Gasteiger partial charge is 0.465 e. The minimum Gasteiger partial charge on any atom is -0.465 e. The first kappa shape index (κ1) is 16.0. The molecule has 0 unspecified atom stereocenters. The SMILES string of the molecule is COC(=O)c1cc(F)c(N2CCCN(C(=O)O)CC2)cc1F. The maximum Gasteiger partial charge on any atom is 0.407 e. The molecule has 1 aliphatic rings. The first-order valence-corrected chi connectivity index (χ1v) is 6.74. The lowest BCUT2D eigenvalue weighted by molar-refractivity contribution is 0.0595. The summed E-state index contributed by atoms with van der Waals surface area (Å²) in [6, 6.07) is 1.74. The normalized spacial score (nSPS) is 15.4. The van der Waals surface area contributed by atoms with Crippen LogP contribution in [0.2, 0.25) is 0 Å². The van der Waals surface area contributed by atoms with E-state index >= 15 is 0 Å². The maximum atomic E-state index is 14.2. The smallest absolute Gasteiger partial charge is 0.407 e. The van der Waals surface area contributed by atoms with Crippen molar-refractivity contribution in [2.24, 2.45) is 0 Å². The van der Waals surface area contributed by atoms with Gasteiger partial charge in [-0.2, -0.15) is 0 Å². The number of amides is 1. The molecular formula is C14H16F2N2O4. The Morgan fingerprint density at radius 3 is 2.50 bits per heavy atom. The molecule has 120 valence electrons. The van der Waals surface area contributed by atoms with Gasteiger partial charge in [0.1, 0.15) is 11.6 Å². The van der Waals surface area contributed by atoms with Gasteiger partial charge in [-0.15, -0.1) is 0 Å². The number of anilines is 1. The molecule has 1 aromatic carbocycles. The van der Waals surface area contributed by atoms with Gasteiger partial charge in [0.2, 0.25) is 0 Å². The van der Waals surface area contributed by atoms with Crippen LogP contribution in [0.3, 0.4) is 0 Å². The summed E-state index contributed by atoms with van der Waals surface area (Å²) in [5.74, 6) is -2.57. The Balaban J connectivity index is 2.24. The number of esters is 1. The molecule has 0 bridgehead atoms. The van der Waals surface area contributed by atoms with Crippen molar-refractivity contribution in [1.82, 2.24) is 4.90 Å². The standard InChI is InChI=1S/C14H16F2N2O4/c1-22-13(19)9-7-11(16)12(8-10(9)15)17-3-2-4-18(6-5-17)14(20)21/h7-8H,2-6H2,1H3,(H,20,21). The number of hydrogen-bond donors (Lipinski definition) is 1. The molecule has 0 saturated carbocycles. The summed E-state index contributed by atoms with van der Waals surface area (Å²) in [4.78, 5) is 25.1. The summed E-state index contributed by atoms with van der Waals surface area (Å²) in [7, 11) is 1.09. The third kappa shape index (κ3) is 3.26. The molecule has 6 nitrogen and oxygen atoms in total. The molecule has 8 heteroatoms. The van der Waals surface area contributed by atoms with Crippen LogP contribution >= 0.6 is 0 Å². The number of carbonyl (C=O) groups excluding carboxylic acids is 1. The van der Waals surface area contributed by atoms with Crippen molar-refractivity contribution in [3.8, 4) is 0 Å². The second kappa shape index (κ2) is 6.59. The molecule has 0 radical (unpaired) electrons. The first-order chi connectivity index (χ1) is 10.4. The van der Waals surface area contributed by atoms with Crippen molar-refractivity contribution < 1.29 is 28.2 Å². The number of ether oxygens (including phenoxy) is 1. The fourth-order valence-electron chi connectivity index (χ4n) is 2.39. The minimum absolute atomic E-state index is 0.0115. The van der Waals surface area contributed by atoms with E-state index in [9.17, 15) is 18.4 Å². The number of carboxylic acid groups (broad SMARTS) is 1. The monoisotopic (exact) mass is 314 g/mol. The van der Waals surface area contributed by atoms with Gasteiger partial charge in [0.25, 0.3) is 0 Å². The highest BCUT2D eigenvalue weighted by Crippen LogP contribution is 2.25. The Morgan fingerprint density at radius 1 is 1.14 bits per heavy atom. The van der Waals surface area contributed by atoms with Crippen LogP contribution in [0, 0.1) is 11.6 Å². The predicted octanol–water partition coefficient (Wildman–Crippen LogP) is 1.94. The number of rotatable bonds is 2. The summed E-state index contributed by atoms with van der Waals surface area (Å²) in [6.07, 6.45) is -0.527. The minimum atomic E-state index is -1.03. The Kier molecular flexibility index (Phi) is 4.79. The van der Waals surface area contributed by atoms with Gasteiger partial charge in [-0.3, -0.25) is 0 Å². The van der Waals surface area contributed by atoms with Gasteiger partial charge in [0, 0.05) is 32.2 Å². The molecule has 1 fully saturated rings. The predicted molar refractivity (Wildman–Crippen MR) is 74.1 cm³/mol. The van der Waals surface area contributed by atoms with Gasteiger partial charge >= 0.3 is 12.1 Å². The summed E-state index contributed by atoms with van der Waals surface area (Å²) in [5, 5.41) is 8.97. The highest BCUT2D eigenvalue weighted by atomic mass is 19.1. The van der Waals surface area contributed by atoms with Crippen molar-refractivity contribution in [3.05, 3.63) is 29.3 Å². The van der Waals surface area contributed by atoms with E-state index in [0.717, 1.165) is 19.2 Å². The lowest BCUT2D eigenvalue weighted by Gasteiger charge is -2.23. The average molecular weight is 314 g/mol. The highest BCUT2D eigenvalue weighted by molar-refractivity contribution is 5.90. The van der Waals surface area contributed by atoms with Crippen LogP contribution in [0.25, 0.3) is 0 Å². The van der Waals surface area contributed by atoms with Crippen molar-refractivity contribution >= 4 is 17.7 Å². The topological polar surface area (TPSA) is 70.1 Å². The first-order valence-electron chi connectivity index (χ1n) is 6.74. The summed E-state index contributed by atoms with van der Waals surface area (Å²) < 4.78 is 32.5. The van der Waals surface area contributed by atoms with Crippen molar-refractivity contribution in [2.45, 2.75) is 6.42 Å². The van der Waals surface area contributed by atoms with Crippen molar-refractivity contribution in [3.63, 3.8) is 0 Å². The Bertz CT molecular complexity index is 594. The molecule has 0 aliphatic carbocycles. The van der Waals surface area contributed by atoms with Crippen molar-refractivity contribution in [1.29, 1.82) is 0 Å². The molecule has 0 aromatic heterocycles. The lowest BCUT2D eigenvalue weighted by atomic mass is 10.1. The van der Waals surface area contributed by atoms with E-state index in [1.165, 1.54) is 4.90 Å². The third-order valence-electron chi connectivity index (χ3n) is 3.55. The van der Waals surface area contributed by atoms with Crippen LogP contribution in [0.1, 0.15) is 16.8 Å². The fourth-order valence-corrected chi connectivity index (χ4v) is 2.39. The van der Waals surface area contributed by atoms with Crippen LogP contribution in [0.15, 0.2) is 12.1 Å². The number of methoxy groups -OCH3 is 1. The van der Waals surface area contributed by atoms with Crippen LogP contribution in [-0.4, -0.2) is 55.4 Å². The molecule has 1 aliphatic heterocycles. The number of carbonyl (C=O) groups is 2. The van der Waals surface area contributed by atoms with Gasteiger partial charge in [-0.25, -0.2) is 18.4 Å². The van der Waals surface area contributed by atoms with E-state index in [1.54, 1.807) is 4.90 Å². The molecular weight excluding hydrogens is 298 g/mol. The third-order valence-corrected chi connectivity index (χ3v) is 3.55. The second-order valence-corrected chi connectivity index (χ2v) is 4.89. The Morgan fingerprint density at radius 2 is 1.86 bits per heavy atom. The van der Waals surface area contributed by atoms with Crippen LogP contribution < -0.4 is 4.90 Å². The zero-order chi connectivity index (χ0) is 16.3. The van der Waals surface area contributed by atoms with Gasteiger partial charge in [-0.05, 0) is 12.5 Å². The van der Waals surface area contributed by atoms with Crippen LogP contribution in [0.4, 0.5) is 19.3 Å². The molecule has 2 rings (SSSR count). The second-order valence-electron chi connectivity index (χ2n) is 4.89. The van der Waals surface area contributed by atoms with Gasteiger partial charge < -0.3 is 19.6 Å². The van der Waals surface area contributed by atoms with Crippen molar-refractivity contribution in [2.75, 3.05) is 38.2 Å². The number of nitrogens with zero attached hydrogens (tertiary/aromatic N) is 2. The molecule has 1 heterocycles. The molecule has 1 amide bonds. The molecule has 0 spiro atoms. The lowest BCUT2D eigenvalue weighted by Crippen LogP contribution is -2.34. The van der Waals surface area contributed by atoms with E-state index in [0.29, 0.717) is 19.5 Å². The summed E-state index contributed by atoms with van der Waals surface area (Å²) >= 11 is 0. The van der Waals surface area contributed by atoms with Gasteiger partial charge in [0.15, 0.2) is 0 Å². The van der Waals surface area contributed by atoms with Crippen LogP contribution in [0.5, 0.6) is 0 Å². The Labute approximate surface area is 125 Å². The van der Waals surface area contributed by atoms with Gasteiger partial charge in [0.05, 0.1) is 18.4 Å². The average Bonchev–Trinajstić information content (AvgIpc) is 2.74. The molecule has 1 N–H and O–H groups in total. The van der Waals surface area contributed by atoms with E-state index in [2.05, 4.69) is 4.74 Å². The van der Waals surface area contributed by atoms with Gasteiger partial charge in [-0.1, -0.05) is 0 Å². The summed E-state index contributed by atoms with van der Waals surface area (Å²) in [6.45, 7) is 1.20. The number of halogens is 2. The fraction of sp³-hybridized carbons (Fsp3) is 0.429. The van der Waals surface area contributed by atoms with E-state index in [1.807, 2.05) is 0 Å². The van der Waals surface area contributed by atoms with Crippen LogP contribution in [-0.2, 0) is 4.74 Å². The molecule has 0 atom stereocenters.